The summed E-state index contributed by atoms with van der Waals surface area (Å²) in [5.74, 6) is 0.730. The summed E-state index contributed by atoms with van der Waals surface area (Å²) in [6.07, 6.45) is 9.05. The predicted molar refractivity (Wildman–Crippen MR) is 164 cm³/mol. The molecule has 39 heavy (non-hydrogen) atoms. The summed E-state index contributed by atoms with van der Waals surface area (Å²) >= 11 is 0. The van der Waals surface area contributed by atoms with Crippen molar-refractivity contribution in [1.82, 2.24) is 15.5 Å². The van der Waals surface area contributed by atoms with E-state index in [-0.39, 0.29) is 23.5 Å². The van der Waals surface area contributed by atoms with Crippen molar-refractivity contribution in [2.75, 3.05) is 50.7 Å². The van der Waals surface area contributed by atoms with E-state index in [2.05, 4.69) is 38.6 Å². The van der Waals surface area contributed by atoms with Crippen molar-refractivity contribution in [1.29, 1.82) is 0 Å². The Hall–Kier alpha value is -2.51. The van der Waals surface area contributed by atoms with Gasteiger partial charge in [-0.25, -0.2) is 0 Å². The maximum atomic E-state index is 12.0. The number of rotatable bonds is 6. The van der Waals surface area contributed by atoms with Crippen LogP contribution in [0.2, 0.25) is 0 Å². The number of carbonyl (C=O) groups is 3. The van der Waals surface area contributed by atoms with Gasteiger partial charge in [-0.15, -0.1) is 0 Å². The lowest BCUT2D eigenvalue weighted by molar-refractivity contribution is -0.135. The standard InChI is InChI=1S/C22H33N3O.C6H9NO2.2C2H6/c1-3-4-20-5-6-21(17-22(20)18(2)26)25-13-8-19(9-14-25)7-12-24-15-10-23-11-16-24;1-4-2-3-5(8)7-6(4)9;2*1-2/h3-6,17,19,23H,7-16H2,1-2H3;4H,2-3H2,1H3,(H,7,8,9);2*1-2H3/b4-3+;;;. The van der Waals surface area contributed by atoms with Crippen molar-refractivity contribution in [3.05, 3.63) is 35.4 Å². The van der Waals surface area contributed by atoms with E-state index in [0.29, 0.717) is 12.8 Å². The number of anilines is 1. The number of nitrogens with zero attached hydrogens (tertiary/aromatic N) is 2. The molecule has 3 aliphatic heterocycles. The summed E-state index contributed by atoms with van der Waals surface area (Å²) in [4.78, 5) is 38.2. The SMILES string of the molecule is C/C=C/c1ccc(N2CCC(CCN3CCNCC3)CC2)cc1C(C)=O.CC.CC.CC1CCC(=O)NC1=O. The minimum Gasteiger partial charge on any atom is -0.371 e. The van der Waals surface area contributed by atoms with Gasteiger partial charge in [0.25, 0.3) is 0 Å². The lowest BCUT2D eigenvalue weighted by Gasteiger charge is -2.35. The number of benzene rings is 1. The molecule has 3 heterocycles. The Bertz CT molecular complexity index is 901. The van der Waals surface area contributed by atoms with Gasteiger partial charge in [-0.3, -0.25) is 19.7 Å². The van der Waals surface area contributed by atoms with Gasteiger partial charge >= 0.3 is 0 Å². The number of ketones is 1. The topological polar surface area (TPSA) is 81.8 Å². The average molecular weight is 543 g/mol. The number of allylic oxidation sites excluding steroid dienone is 1. The first-order chi connectivity index (χ1) is 18.9. The third-order valence-electron chi connectivity index (χ3n) is 7.32. The van der Waals surface area contributed by atoms with Gasteiger partial charge in [-0.1, -0.05) is 52.8 Å². The van der Waals surface area contributed by atoms with Gasteiger partial charge in [0.1, 0.15) is 0 Å². The molecule has 1 unspecified atom stereocenters. The van der Waals surface area contributed by atoms with E-state index >= 15 is 0 Å². The average Bonchev–Trinajstić information content (AvgIpc) is 2.98. The second-order valence-corrected chi connectivity index (χ2v) is 9.99. The van der Waals surface area contributed by atoms with E-state index in [1.165, 1.54) is 44.6 Å². The molecule has 4 rings (SSSR count). The van der Waals surface area contributed by atoms with Crippen molar-refractivity contribution >= 4 is 29.4 Å². The molecule has 7 nitrogen and oxygen atoms in total. The Morgan fingerprint density at radius 2 is 1.64 bits per heavy atom. The molecule has 3 saturated heterocycles. The van der Waals surface area contributed by atoms with Crippen molar-refractivity contribution in [3.63, 3.8) is 0 Å². The molecule has 0 aliphatic carbocycles. The van der Waals surface area contributed by atoms with Crippen LogP contribution in [0.15, 0.2) is 24.3 Å². The summed E-state index contributed by atoms with van der Waals surface area (Å²) in [6.45, 7) is 21.6. The quantitative estimate of drug-likeness (QED) is 0.363. The lowest BCUT2D eigenvalue weighted by Crippen LogP contribution is -2.44. The third kappa shape index (κ3) is 12.0. The number of imide groups is 1. The Morgan fingerprint density at radius 1 is 1.00 bits per heavy atom. The number of hydrogen-bond acceptors (Lipinski definition) is 6. The van der Waals surface area contributed by atoms with Crippen LogP contribution >= 0.6 is 0 Å². The van der Waals surface area contributed by atoms with Crippen LogP contribution in [-0.2, 0) is 9.59 Å². The molecular formula is C32H54N4O3. The summed E-state index contributed by atoms with van der Waals surface area (Å²) in [7, 11) is 0. The van der Waals surface area contributed by atoms with Crippen LogP contribution in [0.1, 0.15) is 96.5 Å². The highest BCUT2D eigenvalue weighted by atomic mass is 16.2. The molecule has 3 fully saturated rings. The van der Waals surface area contributed by atoms with Crippen LogP contribution in [0.25, 0.3) is 6.08 Å². The van der Waals surface area contributed by atoms with E-state index in [9.17, 15) is 14.4 Å². The fraction of sp³-hybridized carbons (Fsp3) is 0.656. The highest BCUT2D eigenvalue weighted by Gasteiger charge is 2.22. The van der Waals surface area contributed by atoms with E-state index in [1.54, 1.807) is 6.92 Å². The van der Waals surface area contributed by atoms with Gasteiger partial charge < -0.3 is 15.1 Å². The van der Waals surface area contributed by atoms with E-state index in [4.69, 9.17) is 0 Å². The van der Waals surface area contributed by atoms with Crippen molar-refractivity contribution in [2.24, 2.45) is 11.8 Å². The Morgan fingerprint density at radius 3 is 2.18 bits per heavy atom. The smallest absolute Gasteiger partial charge is 0.229 e. The number of Topliss-reactive ketones (excluding diaryl/α,β-unsaturated/α-hetero) is 1. The molecule has 0 bridgehead atoms. The van der Waals surface area contributed by atoms with Crippen LogP contribution in [0.3, 0.4) is 0 Å². The zero-order chi connectivity index (χ0) is 29.2. The maximum absolute atomic E-state index is 12.0. The first kappa shape index (κ1) is 34.5. The Labute approximate surface area is 237 Å². The van der Waals surface area contributed by atoms with Crippen LogP contribution in [0, 0.1) is 11.8 Å². The second kappa shape index (κ2) is 19.5. The number of piperidine rings is 2. The molecule has 1 atom stereocenters. The maximum Gasteiger partial charge on any atom is 0.229 e. The lowest BCUT2D eigenvalue weighted by atomic mass is 9.92. The van der Waals surface area contributed by atoms with Crippen molar-refractivity contribution < 1.29 is 14.4 Å². The number of amides is 2. The molecular weight excluding hydrogens is 488 g/mol. The summed E-state index contributed by atoms with van der Waals surface area (Å²) in [6, 6.07) is 6.34. The molecule has 2 N–H and O–H groups in total. The summed E-state index contributed by atoms with van der Waals surface area (Å²) in [5, 5.41) is 5.68. The monoisotopic (exact) mass is 542 g/mol. The molecule has 0 spiro atoms. The fourth-order valence-electron chi connectivity index (χ4n) is 4.95. The number of piperazine rings is 1. The van der Waals surface area contributed by atoms with Gasteiger partial charge in [-0.2, -0.15) is 0 Å². The van der Waals surface area contributed by atoms with Gasteiger partial charge in [0.2, 0.25) is 11.8 Å². The van der Waals surface area contributed by atoms with Crippen LogP contribution in [-0.4, -0.2) is 68.3 Å². The van der Waals surface area contributed by atoms with Gasteiger partial charge in [0.05, 0.1) is 0 Å². The van der Waals surface area contributed by atoms with E-state index in [1.807, 2.05) is 53.7 Å². The molecule has 0 aromatic heterocycles. The van der Waals surface area contributed by atoms with Gasteiger partial charge in [0.15, 0.2) is 5.78 Å². The molecule has 7 heteroatoms. The Balaban J connectivity index is 0.000000489. The molecule has 0 saturated carbocycles. The second-order valence-electron chi connectivity index (χ2n) is 9.99. The highest BCUT2D eigenvalue weighted by molar-refractivity contribution is 5.99. The predicted octanol–water partition coefficient (Wildman–Crippen LogP) is 5.55. The van der Waals surface area contributed by atoms with Crippen molar-refractivity contribution in [2.45, 2.75) is 80.6 Å². The van der Waals surface area contributed by atoms with Crippen LogP contribution < -0.4 is 15.5 Å². The molecule has 3 aliphatic rings. The zero-order valence-corrected chi connectivity index (χ0v) is 25.6. The third-order valence-corrected chi connectivity index (χ3v) is 7.32. The molecule has 1 aromatic carbocycles. The molecule has 2 amide bonds. The van der Waals surface area contributed by atoms with Crippen LogP contribution in [0.4, 0.5) is 5.69 Å². The normalized spacial score (nSPS) is 20.1. The summed E-state index contributed by atoms with van der Waals surface area (Å²) in [5.41, 5.74) is 3.06. The number of nitrogens with one attached hydrogen (secondary N) is 2. The number of carbonyl (C=O) groups excluding carboxylic acids is 3. The first-order valence-electron chi connectivity index (χ1n) is 15.2. The zero-order valence-electron chi connectivity index (χ0n) is 25.6. The molecule has 0 radical (unpaired) electrons. The number of hydrogen-bond donors (Lipinski definition) is 2. The molecule has 1 aromatic rings. The summed E-state index contributed by atoms with van der Waals surface area (Å²) < 4.78 is 0. The minimum atomic E-state index is -0.141. The largest absolute Gasteiger partial charge is 0.371 e. The minimum absolute atomic E-state index is 0.0164. The van der Waals surface area contributed by atoms with Gasteiger partial charge in [0, 0.05) is 62.9 Å². The first-order valence-corrected chi connectivity index (χ1v) is 15.2. The van der Waals surface area contributed by atoms with E-state index < -0.39 is 0 Å². The molecule has 220 valence electrons. The highest BCUT2D eigenvalue weighted by Crippen LogP contribution is 2.28. The van der Waals surface area contributed by atoms with Gasteiger partial charge in [-0.05, 0) is 69.7 Å². The van der Waals surface area contributed by atoms with Crippen molar-refractivity contribution in [3.8, 4) is 0 Å². The fourth-order valence-corrected chi connectivity index (χ4v) is 4.95. The van der Waals surface area contributed by atoms with Crippen LogP contribution in [0.5, 0.6) is 0 Å². The van der Waals surface area contributed by atoms with E-state index in [0.717, 1.165) is 43.2 Å². The Kier molecular flexibility index (Phi) is 17.3.